The Hall–Kier alpha value is 0.410. The van der Waals surface area contributed by atoms with Crippen LogP contribution in [-0.2, 0) is 14.4 Å². The molecule has 1 aliphatic heterocycles. The maximum atomic E-state index is 11.1. The summed E-state index contributed by atoms with van der Waals surface area (Å²) < 4.78 is 0. The Morgan fingerprint density at radius 2 is 1.56 bits per heavy atom. The molecule has 1 N–H and O–H groups in total. The molecule has 6 nitrogen and oxygen atoms in total. The summed E-state index contributed by atoms with van der Waals surface area (Å²) in [6.07, 6.45) is 0.801. The molecular weight excluding hydrogens is 260 g/mol. The molecule has 0 aliphatic carbocycles. The molecule has 1 saturated heterocycles. The molecular formula is C10H13NNa2O5. The van der Waals surface area contributed by atoms with Gasteiger partial charge in [0.25, 0.3) is 0 Å². The number of rotatable bonds is 6. The number of carbonyl (C=O) groups excluding carboxylic acids is 3. The third-order valence-corrected chi connectivity index (χ3v) is 2.85. The summed E-state index contributed by atoms with van der Waals surface area (Å²) >= 11 is 0. The summed E-state index contributed by atoms with van der Waals surface area (Å²) in [5, 5.41) is 23.4. The van der Waals surface area contributed by atoms with Crippen molar-refractivity contribution >= 4 is 17.8 Å². The van der Waals surface area contributed by atoms with Crippen LogP contribution in [0.2, 0.25) is 0 Å². The van der Waals surface area contributed by atoms with E-state index in [4.69, 9.17) is 0 Å². The van der Waals surface area contributed by atoms with Gasteiger partial charge in [-0.1, -0.05) is 0 Å². The molecule has 0 saturated carbocycles. The number of hydrogen-bond acceptors (Lipinski definition) is 5. The number of amides is 1. The molecule has 18 heavy (non-hydrogen) atoms. The first-order chi connectivity index (χ1) is 7.43. The largest absolute Gasteiger partial charge is 1.00 e. The van der Waals surface area contributed by atoms with Crippen LogP contribution in [0.5, 0.6) is 0 Å². The van der Waals surface area contributed by atoms with Gasteiger partial charge in [0, 0.05) is 23.9 Å². The summed E-state index contributed by atoms with van der Waals surface area (Å²) in [4.78, 5) is 31.8. The Bertz CT molecular complexity index is 303. The average Bonchev–Trinajstić information content (AvgIpc) is 2.55. The summed E-state index contributed by atoms with van der Waals surface area (Å²) in [6.45, 7) is 0. The van der Waals surface area contributed by atoms with E-state index in [0.29, 0.717) is 12.8 Å². The number of carboxylic acids is 2. The number of aliphatic carboxylic acids is 2. The van der Waals surface area contributed by atoms with Crippen molar-refractivity contribution in [3.05, 3.63) is 0 Å². The van der Waals surface area contributed by atoms with Crippen molar-refractivity contribution in [3.8, 4) is 0 Å². The first kappa shape index (κ1) is 20.7. The molecule has 1 amide bonds. The fourth-order valence-electron chi connectivity index (χ4n) is 1.96. The van der Waals surface area contributed by atoms with Gasteiger partial charge in [-0.3, -0.25) is 4.79 Å². The van der Waals surface area contributed by atoms with Crippen molar-refractivity contribution in [1.82, 2.24) is 5.32 Å². The van der Waals surface area contributed by atoms with Crippen LogP contribution >= 0.6 is 0 Å². The van der Waals surface area contributed by atoms with E-state index >= 15 is 0 Å². The van der Waals surface area contributed by atoms with Crippen molar-refractivity contribution in [2.75, 3.05) is 0 Å². The van der Waals surface area contributed by atoms with E-state index in [1.54, 1.807) is 0 Å². The van der Waals surface area contributed by atoms with Gasteiger partial charge in [0.2, 0.25) is 5.91 Å². The maximum absolute atomic E-state index is 11.1. The summed E-state index contributed by atoms with van der Waals surface area (Å²) in [5.74, 6) is -2.57. The van der Waals surface area contributed by atoms with E-state index in [2.05, 4.69) is 5.32 Å². The molecule has 0 bridgehead atoms. The predicted octanol–water partition coefficient (Wildman–Crippen LogP) is -8.30. The van der Waals surface area contributed by atoms with Crippen molar-refractivity contribution in [2.45, 2.75) is 44.1 Å². The molecule has 0 atom stereocenters. The number of nitrogens with one attached hydrogen (secondary N) is 1. The molecule has 0 spiro atoms. The van der Waals surface area contributed by atoms with Crippen molar-refractivity contribution in [3.63, 3.8) is 0 Å². The van der Waals surface area contributed by atoms with Crippen LogP contribution < -0.4 is 74.6 Å². The zero-order valence-corrected chi connectivity index (χ0v) is 14.8. The van der Waals surface area contributed by atoms with Crippen LogP contribution in [0.25, 0.3) is 0 Å². The van der Waals surface area contributed by atoms with Crippen LogP contribution in [-0.4, -0.2) is 23.4 Å². The van der Waals surface area contributed by atoms with Gasteiger partial charge in [-0.05, 0) is 32.1 Å². The molecule has 0 aromatic rings. The Morgan fingerprint density at radius 3 is 1.83 bits per heavy atom. The van der Waals surface area contributed by atoms with Crippen LogP contribution in [0.1, 0.15) is 38.5 Å². The third kappa shape index (κ3) is 7.11. The minimum atomic E-state index is -1.20. The SMILES string of the molecule is O=C([O-])CCC1(CCC(=O)[O-])CCC(=O)N1.[Na+].[Na+]. The first-order valence-electron chi connectivity index (χ1n) is 5.14. The topological polar surface area (TPSA) is 109 Å². The monoisotopic (exact) mass is 273 g/mol. The summed E-state index contributed by atoms with van der Waals surface area (Å²) in [6, 6.07) is 0. The Kier molecular flexibility index (Phi) is 10.7. The fraction of sp³-hybridized carbons (Fsp3) is 0.700. The number of carbonyl (C=O) groups is 3. The smallest absolute Gasteiger partial charge is 0.550 e. The van der Waals surface area contributed by atoms with Gasteiger partial charge in [0.1, 0.15) is 0 Å². The van der Waals surface area contributed by atoms with Gasteiger partial charge >= 0.3 is 59.1 Å². The van der Waals surface area contributed by atoms with Gasteiger partial charge in [0.15, 0.2) is 0 Å². The van der Waals surface area contributed by atoms with E-state index in [9.17, 15) is 24.6 Å². The Balaban J connectivity index is 0. The molecule has 1 heterocycles. The van der Waals surface area contributed by atoms with Gasteiger partial charge in [-0.15, -0.1) is 0 Å². The normalized spacial score (nSPS) is 16.1. The second-order valence-electron chi connectivity index (χ2n) is 4.07. The quantitative estimate of drug-likeness (QED) is 0.483. The molecule has 1 fully saturated rings. The van der Waals surface area contributed by atoms with Crippen LogP contribution in [0, 0.1) is 0 Å². The first-order valence-corrected chi connectivity index (χ1v) is 5.14. The summed E-state index contributed by atoms with van der Waals surface area (Å²) in [7, 11) is 0. The molecule has 0 unspecified atom stereocenters. The Labute approximate surface area is 149 Å². The standard InChI is InChI=1S/C10H15NO5.2Na/c12-7-1-4-10(11-7,5-2-8(13)14)6-3-9(15)16;;/h1-6H2,(H,11,12)(H,13,14)(H,15,16);;/q;2*+1/p-2. The van der Waals surface area contributed by atoms with Gasteiger partial charge in [0.05, 0.1) is 0 Å². The van der Waals surface area contributed by atoms with E-state index in [0.717, 1.165) is 0 Å². The molecule has 1 rings (SSSR count). The number of carboxylic acid groups (broad SMARTS) is 2. The van der Waals surface area contributed by atoms with Crippen LogP contribution in [0.4, 0.5) is 0 Å². The fourth-order valence-corrected chi connectivity index (χ4v) is 1.96. The van der Waals surface area contributed by atoms with Crippen molar-refractivity contribution < 1.29 is 83.7 Å². The van der Waals surface area contributed by atoms with E-state index in [-0.39, 0.29) is 90.7 Å². The van der Waals surface area contributed by atoms with Gasteiger partial charge in [-0.25, -0.2) is 0 Å². The maximum Gasteiger partial charge on any atom is 1.00 e. The predicted molar refractivity (Wildman–Crippen MR) is 48.6 cm³/mol. The van der Waals surface area contributed by atoms with Crippen molar-refractivity contribution in [2.24, 2.45) is 0 Å². The zero-order chi connectivity index (χ0) is 12.2. The van der Waals surface area contributed by atoms with Crippen molar-refractivity contribution in [1.29, 1.82) is 0 Å². The minimum Gasteiger partial charge on any atom is -0.550 e. The van der Waals surface area contributed by atoms with Gasteiger partial charge < -0.3 is 25.1 Å². The third-order valence-electron chi connectivity index (χ3n) is 2.85. The molecule has 8 heteroatoms. The van der Waals surface area contributed by atoms with E-state index in [1.165, 1.54) is 0 Å². The molecule has 0 aromatic carbocycles. The van der Waals surface area contributed by atoms with Crippen LogP contribution in [0.3, 0.4) is 0 Å². The average molecular weight is 273 g/mol. The van der Waals surface area contributed by atoms with Crippen LogP contribution in [0.15, 0.2) is 0 Å². The molecule has 0 aromatic heterocycles. The Morgan fingerprint density at radius 1 is 1.11 bits per heavy atom. The molecule has 90 valence electrons. The zero-order valence-electron chi connectivity index (χ0n) is 10.8. The number of hydrogen-bond donors (Lipinski definition) is 1. The second kappa shape index (κ2) is 9.34. The van der Waals surface area contributed by atoms with E-state index in [1.807, 2.05) is 0 Å². The van der Waals surface area contributed by atoms with Gasteiger partial charge in [-0.2, -0.15) is 0 Å². The minimum absolute atomic E-state index is 0. The summed E-state index contributed by atoms with van der Waals surface area (Å²) in [5.41, 5.74) is -0.711. The van der Waals surface area contributed by atoms with E-state index < -0.39 is 17.5 Å². The molecule has 0 radical (unpaired) electrons. The second-order valence-corrected chi connectivity index (χ2v) is 4.07. The molecule has 1 aliphatic rings.